The van der Waals surface area contributed by atoms with Crippen molar-refractivity contribution in [3.63, 3.8) is 0 Å². The zero-order valence-electron chi connectivity index (χ0n) is 28.5. The topological polar surface area (TPSA) is 14.2 Å². The summed E-state index contributed by atoms with van der Waals surface area (Å²) < 4.78 is 9.79. The monoisotopic (exact) mass is 671 g/mol. The molecule has 3 heteroatoms. The van der Waals surface area contributed by atoms with Crippen molar-refractivity contribution in [1.82, 2.24) is 4.57 Å². The Morgan fingerprint density at radius 2 is 0.843 bits per heavy atom. The highest BCUT2D eigenvalue weighted by Gasteiger charge is 2.55. The summed E-state index contributed by atoms with van der Waals surface area (Å²) in [7, 11) is -3.18. The molecule has 51 heavy (non-hydrogen) atoms. The molecule has 0 fully saturated rings. The summed E-state index contributed by atoms with van der Waals surface area (Å²) in [6, 6.07) is 75.3. The van der Waals surface area contributed by atoms with Crippen LogP contribution in [0.2, 0.25) is 0 Å². The van der Waals surface area contributed by atoms with E-state index >= 15 is 0 Å². The molecule has 1 aromatic heterocycles. The minimum atomic E-state index is -3.18. The molecule has 244 valence electrons. The van der Waals surface area contributed by atoms with Gasteiger partial charge in [-0.15, -0.1) is 0 Å². The van der Waals surface area contributed by atoms with Crippen LogP contribution in [0.4, 0.5) is 0 Å². The average Bonchev–Trinajstić information content (AvgIpc) is 3.51. The first kappa shape index (κ1) is 30.9. The van der Waals surface area contributed by atoms with Crippen LogP contribution < -0.4 is 25.6 Å². The third kappa shape index (κ3) is 4.62. The summed E-state index contributed by atoms with van der Waals surface area (Å²) in [5, 5.41) is 5.23. The summed E-state index contributed by atoms with van der Waals surface area (Å²) in [6.45, 7) is 2.24. The number of fused-ring (bicyclic) bond motifs is 2. The minimum absolute atomic E-state index is 0.705. The predicted octanol–water partition coefficient (Wildman–Crippen LogP) is 8.65. The van der Waals surface area contributed by atoms with E-state index in [-0.39, 0.29) is 0 Å². The fourth-order valence-electron chi connectivity index (χ4n) is 8.62. The third-order valence-corrected chi connectivity index (χ3v) is 15.4. The lowest BCUT2D eigenvalue weighted by molar-refractivity contribution is 0.434. The lowest BCUT2D eigenvalue weighted by Gasteiger charge is -2.44. The Morgan fingerprint density at radius 1 is 0.451 bits per heavy atom. The number of hydrogen-bond donors (Lipinski definition) is 0. The molecular formula is C48H37NOSi. The highest BCUT2D eigenvalue weighted by atomic mass is 28.3. The van der Waals surface area contributed by atoms with Crippen molar-refractivity contribution >= 4 is 29.0 Å². The van der Waals surface area contributed by atoms with Gasteiger partial charge in [-0.3, -0.25) is 0 Å². The Labute approximate surface area is 300 Å². The number of benzene rings is 7. The summed E-state index contributed by atoms with van der Waals surface area (Å²) in [5.74, 6) is 1.80. The molecule has 0 N–H and O–H groups in total. The molecule has 7 aromatic carbocycles. The lowest BCUT2D eigenvalue weighted by Crippen LogP contribution is -2.77. The van der Waals surface area contributed by atoms with Crippen molar-refractivity contribution < 1.29 is 4.74 Å². The van der Waals surface area contributed by atoms with Gasteiger partial charge >= 0.3 is 0 Å². The van der Waals surface area contributed by atoms with Crippen molar-refractivity contribution in [2.45, 2.75) is 12.3 Å². The van der Waals surface area contributed by atoms with Gasteiger partial charge in [0.1, 0.15) is 5.75 Å². The molecule has 0 saturated carbocycles. The third-order valence-electron chi connectivity index (χ3n) is 10.6. The van der Waals surface area contributed by atoms with Crippen molar-refractivity contribution in [1.29, 1.82) is 0 Å². The van der Waals surface area contributed by atoms with E-state index in [0.717, 1.165) is 28.4 Å². The number of hydrogen-bond acceptors (Lipinski definition) is 1. The zero-order valence-corrected chi connectivity index (χ0v) is 29.5. The molecule has 0 amide bonds. The van der Waals surface area contributed by atoms with Gasteiger partial charge in [0.2, 0.25) is 0 Å². The van der Waals surface area contributed by atoms with Gasteiger partial charge in [0, 0.05) is 22.1 Å². The second kappa shape index (κ2) is 12.6. The van der Waals surface area contributed by atoms with Gasteiger partial charge in [-0.1, -0.05) is 188 Å². The Morgan fingerprint density at radius 3 is 1.31 bits per heavy atom. The van der Waals surface area contributed by atoms with Crippen LogP contribution in [0.15, 0.2) is 206 Å². The van der Waals surface area contributed by atoms with E-state index in [2.05, 4.69) is 218 Å². The first-order chi connectivity index (χ1) is 25.3. The second-order valence-corrected chi connectivity index (χ2v) is 16.9. The fraction of sp³-hybridized carbons (Fsp3) is 0.0417. The molecule has 2 nitrogen and oxygen atoms in total. The Kier molecular flexibility index (Phi) is 7.64. The standard InChI is InChI=1S/C48H37NOSi/c1-36-46-45(48(37-22-8-2-9-23-37,38-24-10-3-11-25-38)43-34-20-21-35-44(43)50-46)47(49(36)39-26-12-4-13-27-39)51(40-28-14-5-15-29-40,41-30-16-6-17-31-41)42-32-18-7-19-33-42/h2-35H,1H3. The maximum atomic E-state index is 7.25. The van der Waals surface area contributed by atoms with E-state index in [4.69, 9.17) is 4.74 Å². The molecule has 2 heterocycles. The predicted molar refractivity (Wildman–Crippen MR) is 213 cm³/mol. The highest BCUT2D eigenvalue weighted by Crippen LogP contribution is 2.56. The Bertz CT molecular complexity index is 2290. The van der Waals surface area contributed by atoms with Gasteiger partial charge in [0.05, 0.1) is 11.1 Å². The first-order valence-electron chi connectivity index (χ1n) is 17.6. The van der Waals surface area contributed by atoms with E-state index in [9.17, 15) is 0 Å². The number of nitrogens with zero attached hydrogens (tertiary/aromatic N) is 1. The van der Waals surface area contributed by atoms with Gasteiger partial charge in [-0.05, 0) is 51.8 Å². The molecule has 0 saturated heterocycles. The first-order valence-corrected chi connectivity index (χ1v) is 19.6. The van der Waals surface area contributed by atoms with Crippen LogP contribution in [0, 0.1) is 6.92 Å². The molecule has 0 bridgehead atoms. The molecule has 0 spiro atoms. The number of para-hydroxylation sites is 2. The SMILES string of the molecule is Cc1c2c(c([Si](c3ccccc3)(c3ccccc3)c3ccccc3)n1-c1ccccc1)C(c1ccccc1)(c1ccccc1)c1ccccc1O2. The van der Waals surface area contributed by atoms with Crippen LogP contribution in [0.5, 0.6) is 11.5 Å². The summed E-state index contributed by atoms with van der Waals surface area (Å²) in [6.07, 6.45) is 0. The molecule has 8 aromatic rings. The van der Waals surface area contributed by atoms with E-state index < -0.39 is 13.5 Å². The second-order valence-electron chi connectivity index (χ2n) is 13.2. The van der Waals surface area contributed by atoms with Gasteiger partial charge in [0.15, 0.2) is 13.8 Å². The van der Waals surface area contributed by atoms with E-state index in [1.165, 1.54) is 37.6 Å². The van der Waals surface area contributed by atoms with Gasteiger partial charge in [-0.25, -0.2) is 0 Å². The maximum absolute atomic E-state index is 7.25. The van der Waals surface area contributed by atoms with Gasteiger partial charge in [0.25, 0.3) is 0 Å². The Hall–Kier alpha value is -6.16. The normalized spacial score (nSPS) is 13.1. The summed E-state index contributed by atoms with van der Waals surface area (Å²) >= 11 is 0. The number of ether oxygens (including phenoxy) is 1. The Balaban J connectivity index is 1.60. The molecule has 1 aliphatic heterocycles. The van der Waals surface area contributed by atoms with Crippen LogP contribution in [-0.2, 0) is 5.41 Å². The van der Waals surface area contributed by atoms with E-state index in [1.807, 2.05) is 0 Å². The molecule has 1 aliphatic rings. The molecule has 0 atom stereocenters. The largest absolute Gasteiger partial charge is 0.455 e. The van der Waals surface area contributed by atoms with E-state index in [0.29, 0.717) is 0 Å². The smallest absolute Gasteiger partial charge is 0.200 e. The van der Waals surface area contributed by atoms with Crippen LogP contribution in [0.1, 0.15) is 27.9 Å². The van der Waals surface area contributed by atoms with Crippen molar-refractivity contribution in [3.8, 4) is 17.2 Å². The summed E-state index contributed by atoms with van der Waals surface area (Å²) in [4.78, 5) is 0. The van der Waals surface area contributed by atoms with Crippen LogP contribution in [0.25, 0.3) is 5.69 Å². The average molecular weight is 672 g/mol. The quantitative estimate of drug-likeness (QED) is 0.122. The summed E-state index contributed by atoms with van der Waals surface area (Å²) in [5.41, 5.74) is 6.23. The fourth-order valence-corrected chi connectivity index (χ4v) is 13.8. The molecule has 0 unspecified atom stereocenters. The minimum Gasteiger partial charge on any atom is -0.455 e. The number of aromatic nitrogens is 1. The maximum Gasteiger partial charge on any atom is 0.200 e. The molecule has 0 aliphatic carbocycles. The molecule has 0 radical (unpaired) electrons. The number of rotatable bonds is 7. The van der Waals surface area contributed by atoms with Crippen LogP contribution >= 0.6 is 0 Å². The molecule has 9 rings (SSSR count). The highest BCUT2D eigenvalue weighted by molar-refractivity contribution is 7.19. The van der Waals surface area contributed by atoms with Crippen LogP contribution in [-0.4, -0.2) is 12.6 Å². The lowest BCUT2D eigenvalue weighted by atomic mass is 9.64. The van der Waals surface area contributed by atoms with Crippen molar-refractivity contribution in [2.24, 2.45) is 0 Å². The van der Waals surface area contributed by atoms with Gasteiger partial charge in [-0.2, -0.15) is 0 Å². The van der Waals surface area contributed by atoms with Crippen LogP contribution in [0.3, 0.4) is 0 Å². The zero-order chi connectivity index (χ0) is 34.3. The molecular weight excluding hydrogens is 635 g/mol. The van der Waals surface area contributed by atoms with Crippen molar-refractivity contribution in [3.05, 3.63) is 234 Å². The van der Waals surface area contributed by atoms with Gasteiger partial charge < -0.3 is 9.30 Å². The van der Waals surface area contributed by atoms with E-state index in [1.54, 1.807) is 0 Å². The van der Waals surface area contributed by atoms with Crippen molar-refractivity contribution in [2.75, 3.05) is 0 Å².